The zero-order chi connectivity index (χ0) is 6.78. The second kappa shape index (κ2) is 6.66. The molecule has 0 fully saturated rings. The van der Waals surface area contributed by atoms with Crippen LogP contribution in [0.4, 0.5) is 0 Å². The fraction of sp³-hybridized carbons (Fsp3) is 1.00. The summed E-state index contributed by atoms with van der Waals surface area (Å²) < 4.78 is 29.7. The van der Waals surface area contributed by atoms with Gasteiger partial charge in [0.25, 0.3) is 0 Å². The maximum absolute atomic E-state index is 9.89. The van der Waals surface area contributed by atoms with Crippen LogP contribution >= 0.6 is 0 Å². The first kappa shape index (κ1) is 17.2. The molecule has 0 amide bonds. The molecule has 0 aromatic rings. The molecule has 0 aliphatic rings. The van der Waals surface area contributed by atoms with Gasteiger partial charge in [0, 0.05) is 5.75 Å². The average Bonchev–Trinajstić information content (AvgIpc) is 1.21. The van der Waals surface area contributed by atoms with Crippen molar-refractivity contribution in [1.29, 1.82) is 0 Å². The molecule has 0 bridgehead atoms. The Morgan fingerprint density at radius 1 is 1.40 bits per heavy atom. The summed E-state index contributed by atoms with van der Waals surface area (Å²) in [7, 11) is -3.97. The van der Waals surface area contributed by atoms with E-state index >= 15 is 0 Å². The maximum Gasteiger partial charge on any atom is 2.00 e. The van der Waals surface area contributed by atoms with E-state index in [2.05, 4.69) is 0 Å². The molecule has 6 heteroatoms. The molecular formula is C4H9ClMgO3S. The SMILES string of the molecule is CC(C)CS(=O)(=O)[O-].[Cl-].[Mg+2]. The molecule has 0 saturated heterocycles. The topological polar surface area (TPSA) is 57.2 Å². The number of hydrogen-bond acceptors (Lipinski definition) is 3. The fourth-order valence-corrected chi connectivity index (χ4v) is 1.22. The number of hydrogen-bond donors (Lipinski definition) is 0. The molecule has 0 saturated carbocycles. The van der Waals surface area contributed by atoms with Crippen LogP contribution in [0.25, 0.3) is 0 Å². The molecule has 58 valence electrons. The van der Waals surface area contributed by atoms with Gasteiger partial charge in [-0.15, -0.1) is 0 Å². The van der Waals surface area contributed by atoms with E-state index in [0.29, 0.717) is 0 Å². The molecule has 0 aliphatic heterocycles. The Bertz CT molecular complexity index is 154. The molecule has 0 aromatic carbocycles. The van der Waals surface area contributed by atoms with E-state index in [0.717, 1.165) is 0 Å². The van der Waals surface area contributed by atoms with Gasteiger partial charge in [0.15, 0.2) is 0 Å². The predicted molar refractivity (Wildman–Crippen MR) is 35.2 cm³/mol. The van der Waals surface area contributed by atoms with Crippen LogP contribution in [0.15, 0.2) is 0 Å². The Morgan fingerprint density at radius 3 is 1.70 bits per heavy atom. The van der Waals surface area contributed by atoms with Crippen molar-refractivity contribution in [3.63, 3.8) is 0 Å². The van der Waals surface area contributed by atoms with Gasteiger partial charge in [-0.1, -0.05) is 13.8 Å². The summed E-state index contributed by atoms with van der Waals surface area (Å²) >= 11 is 0. The van der Waals surface area contributed by atoms with E-state index in [1.807, 2.05) is 0 Å². The summed E-state index contributed by atoms with van der Waals surface area (Å²) in [5, 5.41) is 0. The minimum atomic E-state index is -3.97. The number of halogens is 1. The zero-order valence-corrected chi connectivity index (χ0v) is 8.99. The second-order valence-corrected chi connectivity index (χ2v) is 3.57. The predicted octanol–water partition coefficient (Wildman–Crippen LogP) is -3.19. The van der Waals surface area contributed by atoms with Crippen molar-refractivity contribution in [1.82, 2.24) is 0 Å². The molecule has 10 heavy (non-hydrogen) atoms. The van der Waals surface area contributed by atoms with E-state index in [-0.39, 0.29) is 47.1 Å². The summed E-state index contributed by atoms with van der Waals surface area (Å²) in [6.07, 6.45) is 0. The van der Waals surface area contributed by atoms with Gasteiger partial charge in [0.05, 0.1) is 10.1 Å². The van der Waals surface area contributed by atoms with Crippen LogP contribution in [0.1, 0.15) is 13.8 Å². The van der Waals surface area contributed by atoms with Crippen LogP contribution in [0.3, 0.4) is 0 Å². The molecule has 0 radical (unpaired) electrons. The average molecular weight is 197 g/mol. The third-order valence-corrected chi connectivity index (χ3v) is 1.61. The van der Waals surface area contributed by atoms with Crippen LogP contribution in [0, 0.1) is 5.92 Å². The van der Waals surface area contributed by atoms with Crippen LogP contribution in [0.2, 0.25) is 0 Å². The molecule has 0 atom stereocenters. The summed E-state index contributed by atoms with van der Waals surface area (Å²) in [5.41, 5.74) is 0. The minimum absolute atomic E-state index is 0. The molecule has 0 spiro atoms. The van der Waals surface area contributed by atoms with E-state index in [9.17, 15) is 13.0 Å². The maximum atomic E-state index is 9.89. The fourth-order valence-electron chi connectivity index (χ4n) is 0.408. The van der Waals surface area contributed by atoms with Gasteiger partial charge in [-0.3, -0.25) is 0 Å². The third-order valence-electron chi connectivity index (χ3n) is 0.537. The first-order chi connectivity index (χ1) is 3.42. The molecule has 0 rings (SSSR count). The van der Waals surface area contributed by atoms with Crippen LogP contribution in [-0.4, -0.2) is 41.8 Å². The minimum Gasteiger partial charge on any atom is -1.00 e. The van der Waals surface area contributed by atoms with Gasteiger partial charge in [-0.05, 0) is 5.92 Å². The monoisotopic (exact) mass is 196 g/mol. The summed E-state index contributed by atoms with van der Waals surface area (Å²) in [6, 6.07) is 0. The molecule has 3 nitrogen and oxygen atoms in total. The van der Waals surface area contributed by atoms with E-state index < -0.39 is 10.1 Å². The van der Waals surface area contributed by atoms with Crippen molar-refractivity contribution in [2.45, 2.75) is 13.8 Å². The van der Waals surface area contributed by atoms with Crippen molar-refractivity contribution >= 4 is 33.2 Å². The van der Waals surface area contributed by atoms with Crippen molar-refractivity contribution in [2.24, 2.45) is 5.92 Å². The van der Waals surface area contributed by atoms with Crippen LogP contribution in [-0.2, 0) is 10.1 Å². The van der Waals surface area contributed by atoms with Gasteiger partial charge in [-0.2, -0.15) is 0 Å². The molecule has 0 N–H and O–H groups in total. The Hall–Kier alpha value is 0.966. The molecular weight excluding hydrogens is 188 g/mol. The van der Waals surface area contributed by atoms with Crippen LogP contribution < -0.4 is 12.4 Å². The smallest absolute Gasteiger partial charge is 1.00 e. The first-order valence-electron chi connectivity index (χ1n) is 2.35. The molecule has 0 unspecified atom stereocenters. The van der Waals surface area contributed by atoms with Crippen molar-refractivity contribution < 1.29 is 25.4 Å². The van der Waals surface area contributed by atoms with Crippen molar-refractivity contribution in [3.8, 4) is 0 Å². The van der Waals surface area contributed by atoms with Gasteiger partial charge >= 0.3 is 23.1 Å². The largest absolute Gasteiger partial charge is 2.00 e. The second-order valence-electron chi connectivity index (χ2n) is 2.12. The standard InChI is InChI=1S/C4H10O3S.ClH.Mg/c1-4(2)3-8(5,6)7;;/h4H,3H2,1-2H3,(H,5,6,7);1H;/q;;+2/p-2. The van der Waals surface area contributed by atoms with E-state index in [1.54, 1.807) is 13.8 Å². The van der Waals surface area contributed by atoms with Gasteiger partial charge in [-0.25, -0.2) is 8.42 Å². The Labute approximate surface area is 83.9 Å². The summed E-state index contributed by atoms with van der Waals surface area (Å²) in [4.78, 5) is 0. The zero-order valence-electron chi connectivity index (χ0n) is 6.00. The first-order valence-corrected chi connectivity index (χ1v) is 3.93. The summed E-state index contributed by atoms with van der Waals surface area (Å²) in [5.74, 6) is -0.315. The van der Waals surface area contributed by atoms with Gasteiger partial charge in [0.2, 0.25) is 0 Å². The van der Waals surface area contributed by atoms with Crippen LogP contribution in [0.5, 0.6) is 0 Å². The quantitative estimate of drug-likeness (QED) is 0.346. The Balaban J connectivity index is -0.000000245. The van der Waals surface area contributed by atoms with Gasteiger partial charge < -0.3 is 17.0 Å². The van der Waals surface area contributed by atoms with Crippen molar-refractivity contribution in [3.05, 3.63) is 0 Å². The Morgan fingerprint density at radius 2 is 1.70 bits per heavy atom. The van der Waals surface area contributed by atoms with Gasteiger partial charge in [0.1, 0.15) is 0 Å². The molecule has 0 aliphatic carbocycles. The third kappa shape index (κ3) is 16.0. The summed E-state index contributed by atoms with van der Waals surface area (Å²) in [6.45, 7) is 3.38. The van der Waals surface area contributed by atoms with E-state index in [4.69, 9.17) is 0 Å². The van der Waals surface area contributed by atoms with Crippen molar-refractivity contribution in [2.75, 3.05) is 5.75 Å². The molecule has 0 heterocycles. The normalized spacial score (nSPS) is 10.0. The number of rotatable bonds is 2. The Kier molecular flexibility index (Phi) is 11.4. The molecule has 0 aromatic heterocycles. The van der Waals surface area contributed by atoms with E-state index in [1.165, 1.54) is 0 Å².